The summed E-state index contributed by atoms with van der Waals surface area (Å²) in [6.07, 6.45) is 3.93. The summed E-state index contributed by atoms with van der Waals surface area (Å²) >= 11 is 0. The predicted octanol–water partition coefficient (Wildman–Crippen LogP) is 3.28. The Kier molecular flexibility index (Phi) is 4.96. The third-order valence-corrected chi connectivity index (χ3v) is 3.76. The second kappa shape index (κ2) is 6.71. The number of nitrogens with two attached hydrogens (primary N) is 1. The van der Waals surface area contributed by atoms with E-state index in [1.54, 1.807) is 0 Å². The molecule has 0 saturated carbocycles. The zero-order valence-corrected chi connectivity index (χ0v) is 12.8. The van der Waals surface area contributed by atoms with Crippen LogP contribution in [-0.4, -0.2) is 15.8 Å². The molecule has 1 atom stereocenters. The van der Waals surface area contributed by atoms with E-state index in [1.807, 2.05) is 0 Å². The summed E-state index contributed by atoms with van der Waals surface area (Å²) in [5, 5.41) is 4.67. The summed E-state index contributed by atoms with van der Waals surface area (Å²) in [5.74, 6) is 0. The fourth-order valence-electron chi connectivity index (χ4n) is 2.34. The van der Waals surface area contributed by atoms with Crippen LogP contribution in [0.2, 0.25) is 0 Å². The SMILES string of the molecule is CCc1cc(CC)n(-c2ccc(CC(N)CC)cc2)n1. The van der Waals surface area contributed by atoms with Gasteiger partial charge in [0.05, 0.1) is 11.4 Å². The van der Waals surface area contributed by atoms with Crippen LogP contribution in [0.15, 0.2) is 30.3 Å². The summed E-state index contributed by atoms with van der Waals surface area (Å²) in [6, 6.07) is 11.1. The molecule has 1 unspecified atom stereocenters. The minimum Gasteiger partial charge on any atom is -0.327 e. The topological polar surface area (TPSA) is 43.8 Å². The van der Waals surface area contributed by atoms with Crippen molar-refractivity contribution in [2.75, 3.05) is 0 Å². The van der Waals surface area contributed by atoms with Crippen molar-refractivity contribution in [2.24, 2.45) is 5.73 Å². The van der Waals surface area contributed by atoms with E-state index < -0.39 is 0 Å². The average Bonchev–Trinajstić information content (AvgIpc) is 2.91. The van der Waals surface area contributed by atoms with Crippen molar-refractivity contribution in [1.29, 1.82) is 0 Å². The smallest absolute Gasteiger partial charge is 0.0649 e. The molecule has 108 valence electrons. The minimum atomic E-state index is 0.253. The average molecular weight is 271 g/mol. The first-order valence-electron chi connectivity index (χ1n) is 7.60. The van der Waals surface area contributed by atoms with E-state index in [9.17, 15) is 0 Å². The van der Waals surface area contributed by atoms with Crippen molar-refractivity contribution in [3.8, 4) is 5.69 Å². The third kappa shape index (κ3) is 3.28. The Morgan fingerprint density at radius 1 is 1.10 bits per heavy atom. The van der Waals surface area contributed by atoms with Crippen LogP contribution < -0.4 is 5.73 Å². The van der Waals surface area contributed by atoms with E-state index in [0.717, 1.165) is 37.1 Å². The fraction of sp³-hybridized carbons (Fsp3) is 0.471. The summed E-state index contributed by atoms with van der Waals surface area (Å²) < 4.78 is 2.06. The first-order valence-corrected chi connectivity index (χ1v) is 7.60. The molecule has 1 aromatic carbocycles. The molecule has 3 heteroatoms. The Hall–Kier alpha value is -1.61. The highest BCUT2D eigenvalue weighted by Crippen LogP contribution is 2.15. The summed E-state index contributed by atoms with van der Waals surface area (Å²) in [5.41, 5.74) is 10.8. The van der Waals surface area contributed by atoms with Gasteiger partial charge in [0.2, 0.25) is 0 Å². The molecule has 3 nitrogen and oxygen atoms in total. The largest absolute Gasteiger partial charge is 0.327 e. The highest BCUT2D eigenvalue weighted by atomic mass is 15.3. The van der Waals surface area contributed by atoms with Gasteiger partial charge in [0.15, 0.2) is 0 Å². The van der Waals surface area contributed by atoms with Gasteiger partial charge in [0.1, 0.15) is 0 Å². The molecule has 0 bridgehead atoms. The minimum absolute atomic E-state index is 0.253. The van der Waals surface area contributed by atoms with Crippen LogP contribution in [0.5, 0.6) is 0 Å². The van der Waals surface area contributed by atoms with E-state index in [4.69, 9.17) is 5.73 Å². The first kappa shape index (κ1) is 14.8. The lowest BCUT2D eigenvalue weighted by molar-refractivity contribution is 0.646. The predicted molar refractivity (Wildman–Crippen MR) is 84.3 cm³/mol. The molecule has 0 amide bonds. The van der Waals surface area contributed by atoms with Gasteiger partial charge in [0.25, 0.3) is 0 Å². The van der Waals surface area contributed by atoms with Gasteiger partial charge in [-0.3, -0.25) is 0 Å². The van der Waals surface area contributed by atoms with E-state index in [-0.39, 0.29) is 6.04 Å². The van der Waals surface area contributed by atoms with Crippen molar-refractivity contribution in [3.05, 3.63) is 47.3 Å². The molecule has 0 aliphatic carbocycles. The van der Waals surface area contributed by atoms with Crippen LogP contribution in [0.4, 0.5) is 0 Å². The highest BCUT2D eigenvalue weighted by Gasteiger charge is 2.08. The van der Waals surface area contributed by atoms with Gasteiger partial charge in [-0.25, -0.2) is 4.68 Å². The molecule has 0 fully saturated rings. The Morgan fingerprint density at radius 3 is 2.35 bits per heavy atom. The normalized spacial score (nSPS) is 12.6. The van der Waals surface area contributed by atoms with Gasteiger partial charge in [-0.05, 0) is 49.4 Å². The summed E-state index contributed by atoms with van der Waals surface area (Å²) in [6.45, 7) is 6.44. The monoisotopic (exact) mass is 271 g/mol. The Labute approximate surface area is 121 Å². The zero-order chi connectivity index (χ0) is 14.5. The lowest BCUT2D eigenvalue weighted by Crippen LogP contribution is -2.21. The van der Waals surface area contributed by atoms with Gasteiger partial charge in [0, 0.05) is 11.7 Å². The number of nitrogens with zero attached hydrogens (tertiary/aromatic N) is 2. The lowest BCUT2D eigenvalue weighted by atomic mass is 10.0. The zero-order valence-electron chi connectivity index (χ0n) is 12.8. The van der Waals surface area contributed by atoms with Crippen LogP contribution in [-0.2, 0) is 19.3 Å². The fourth-order valence-corrected chi connectivity index (χ4v) is 2.34. The van der Waals surface area contributed by atoms with Crippen LogP contribution in [0.3, 0.4) is 0 Å². The molecule has 0 aliphatic heterocycles. The lowest BCUT2D eigenvalue weighted by Gasteiger charge is -2.10. The van der Waals surface area contributed by atoms with Gasteiger partial charge in [-0.2, -0.15) is 5.10 Å². The van der Waals surface area contributed by atoms with Gasteiger partial charge in [-0.15, -0.1) is 0 Å². The molecule has 2 N–H and O–H groups in total. The molecule has 0 spiro atoms. The van der Waals surface area contributed by atoms with Crippen molar-refractivity contribution in [2.45, 2.75) is 52.5 Å². The number of rotatable bonds is 6. The molecule has 1 aromatic heterocycles. The van der Waals surface area contributed by atoms with Crippen molar-refractivity contribution >= 4 is 0 Å². The molecule has 2 aromatic rings. The quantitative estimate of drug-likeness (QED) is 0.876. The van der Waals surface area contributed by atoms with E-state index >= 15 is 0 Å². The van der Waals surface area contributed by atoms with Crippen LogP contribution in [0.1, 0.15) is 44.1 Å². The second-order valence-corrected chi connectivity index (χ2v) is 5.28. The maximum atomic E-state index is 6.00. The van der Waals surface area contributed by atoms with Crippen molar-refractivity contribution in [1.82, 2.24) is 9.78 Å². The number of hydrogen-bond donors (Lipinski definition) is 1. The van der Waals surface area contributed by atoms with Gasteiger partial charge in [-0.1, -0.05) is 32.9 Å². The summed E-state index contributed by atoms with van der Waals surface area (Å²) in [7, 11) is 0. The Bertz CT molecular complexity index is 540. The van der Waals surface area contributed by atoms with Crippen LogP contribution >= 0.6 is 0 Å². The van der Waals surface area contributed by atoms with Crippen molar-refractivity contribution < 1.29 is 0 Å². The molecule has 20 heavy (non-hydrogen) atoms. The standard InChI is InChI=1S/C17H25N3/c1-4-14(18)11-13-7-9-17(10-8-13)20-16(6-3)12-15(5-2)19-20/h7-10,12,14H,4-6,11,18H2,1-3H3. The van der Waals surface area contributed by atoms with E-state index in [0.29, 0.717) is 0 Å². The number of aryl methyl sites for hydroxylation is 2. The van der Waals surface area contributed by atoms with E-state index in [1.165, 1.54) is 11.3 Å². The summed E-state index contributed by atoms with van der Waals surface area (Å²) in [4.78, 5) is 0. The number of hydrogen-bond acceptors (Lipinski definition) is 2. The van der Waals surface area contributed by atoms with Crippen LogP contribution in [0.25, 0.3) is 5.69 Å². The van der Waals surface area contributed by atoms with E-state index in [2.05, 4.69) is 60.9 Å². The molecule has 0 saturated heterocycles. The molecule has 1 heterocycles. The molecular weight excluding hydrogens is 246 g/mol. The molecule has 0 aliphatic rings. The maximum Gasteiger partial charge on any atom is 0.0649 e. The second-order valence-electron chi connectivity index (χ2n) is 5.28. The van der Waals surface area contributed by atoms with Gasteiger partial charge >= 0.3 is 0 Å². The molecule has 2 rings (SSSR count). The number of aromatic nitrogens is 2. The number of benzene rings is 1. The highest BCUT2D eigenvalue weighted by molar-refractivity contribution is 5.36. The Balaban J connectivity index is 2.23. The Morgan fingerprint density at radius 2 is 1.80 bits per heavy atom. The first-order chi connectivity index (χ1) is 9.67. The van der Waals surface area contributed by atoms with Crippen molar-refractivity contribution in [3.63, 3.8) is 0 Å². The third-order valence-electron chi connectivity index (χ3n) is 3.76. The molecule has 0 radical (unpaired) electrons. The van der Waals surface area contributed by atoms with Crippen LogP contribution in [0, 0.1) is 0 Å². The molecular formula is C17H25N3. The van der Waals surface area contributed by atoms with Gasteiger partial charge < -0.3 is 5.73 Å². The maximum absolute atomic E-state index is 6.00.